The van der Waals surface area contributed by atoms with Crippen LogP contribution in [0.15, 0.2) is 36.7 Å². The molecule has 4 aliphatic carbocycles. The van der Waals surface area contributed by atoms with Gasteiger partial charge in [0, 0.05) is 24.0 Å². The number of nitrogens with one attached hydrogen (secondary N) is 4. The Bertz CT molecular complexity index is 2560. The number of halogens is 4. The van der Waals surface area contributed by atoms with Crippen molar-refractivity contribution in [2.24, 2.45) is 5.92 Å². The minimum atomic E-state index is -3.12. The summed E-state index contributed by atoms with van der Waals surface area (Å²) < 4.78 is 64.3. The number of hydrogen-bond acceptors (Lipinski definition) is 10. The fourth-order valence-corrected chi connectivity index (χ4v) is 12.1. The van der Waals surface area contributed by atoms with E-state index in [4.69, 9.17) is 9.90 Å². The van der Waals surface area contributed by atoms with Gasteiger partial charge in [0.05, 0.1) is 62.1 Å². The zero-order valence-corrected chi connectivity index (χ0v) is 42.1. The SMILES string of the molecule is CCC.CNC(C(=O)N1CC(F)(F)C[C@H]1c1ncc(-c2ccc(-c3ccc(-c4cnc(C5CC(F)(F)CN5C(=O)CNC(=O)OC)[nH]4)c4c3C3CCC4C3)c3c2C2CCC3C2)[nH]1)C(C)C.O=CO.SS. The van der Waals surface area contributed by atoms with E-state index in [1.807, 2.05) is 13.8 Å². The third-order valence-corrected chi connectivity index (χ3v) is 14.7. The molecule has 4 fully saturated rings. The summed E-state index contributed by atoms with van der Waals surface area (Å²) in [5.74, 6) is -5.09. The van der Waals surface area contributed by atoms with Gasteiger partial charge in [-0.15, -0.1) is 23.3 Å². The molecule has 4 bridgehead atoms. The van der Waals surface area contributed by atoms with Crippen LogP contribution in [0.5, 0.6) is 0 Å². The highest BCUT2D eigenvalue weighted by atomic mass is 33.1. The van der Waals surface area contributed by atoms with Gasteiger partial charge in [-0.05, 0) is 109 Å². The highest BCUT2D eigenvalue weighted by Gasteiger charge is 2.51. The molecular formula is C50H64F4N8O6S2. The number of aromatic nitrogens is 4. The van der Waals surface area contributed by atoms with Crippen molar-refractivity contribution in [2.45, 2.75) is 139 Å². The number of aromatic amines is 2. The van der Waals surface area contributed by atoms with E-state index >= 15 is 8.78 Å². The number of ether oxygens (including phenoxy) is 1. The third-order valence-electron chi connectivity index (χ3n) is 14.7. The normalized spacial score (nSPS) is 24.1. The number of fused-ring (bicyclic) bond motifs is 10. The number of nitrogens with zero attached hydrogens (tertiary/aromatic N) is 4. The van der Waals surface area contributed by atoms with E-state index < -0.39 is 74.4 Å². The molecule has 14 nitrogen and oxygen atoms in total. The van der Waals surface area contributed by atoms with E-state index in [0.29, 0.717) is 35.2 Å². The molecule has 5 N–H and O–H groups in total. The smallest absolute Gasteiger partial charge is 0.407 e. The molecule has 70 heavy (non-hydrogen) atoms. The summed E-state index contributed by atoms with van der Waals surface area (Å²) >= 11 is 6.44. The molecule has 4 aromatic rings. The summed E-state index contributed by atoms with van der Waals surface area (Å²) in [4.78, 5) is 65.0. The number of thiol groups is 2. The number of hydrogen-bond donors (Lipinski definition) is 7. The molecule has 2 saturated carbocycles. The van der Waals surface area contributed by atoms with Crippen molar-refractivity contribution in [3.05, 3.63) is 70.6 Å². The zero-order chi connectivity index (χ0) is 50.8. The molecule has 2 aliphatic heterocycles. The molecule has 2 aromatic heterocycles. The third kappa shape index (κ3) is 10.2. The Labute approximate surface area is 416 Å². The summed E-state index contributed by atoms with van der Waals surface area (Å²) in [7, 11) is 2.84. The van der Waals surface area contributed by atoms with Gasteiger partial charge >= 0.3 is 6.09 Å². The highest BCUT2D eigenvalue weighted by molar-refractivity contribution is 8.59. The van der Waals surface area contributed by atoms with Crippen LogP contribution >= 0.6 is 23.3 Å². The van der Waals surface area contributed by atoms with Crippen LogP contribution in [0.1, 0.15) is 155 Å². The maximum atomic E-state index is 15.0. The second kappa shape index (κ2) is 21.7. The molecule has 6 unspecified atom stereocenters. The number of likely N-dealkylation sites (tertiary alicyclic amines) is 2. The van der Waals surface area contributed by atoms with Gasteiger partial charge in [0.1, 0.15) is 18.2 Å². The number of imidazole rings is 2. The van der Waals surface area contributed by atoms with Gasteiger partial charge in [0.2, 0.25) is 11.8 Å². The van der Waals surface area contributed by atoms with Crippen LogP contribution in [0.25, 0.3) is 33.6 Å². The lowest BCUT2D eigenvalue weighted by Crippen LogP contribution is -2.48. The molecule has 2 aromatic carbocycles. The first-order valence-corrected chi connectivity index (χ1v) is 25.6. The fraction of sp³-hybridized carbons (Fsp3) is 0.560. The molecule has 6 aliphatic rings. The topological polar surface area (TPSA) is 186 Å². The number of rotatable bonds is 10. The van der Waals surface area contributed by atoms with E-state index in [1.165, 1.54) is 44.7 Å². The maximum Gasteiger partial charge on any atom is 0.407 e. The quantitative estimate of drug-likeness (QED) is 0.0352. The van der Waals surface area contributed by atoms with Crippen LogP contribution in [-0.4, -0.2) is 111 Å². The largest absolute Gasteiger partial charge is 0.483 e. The number of carboxylic acid groups (broad SMARTS) is 1. The van der Waals surface area contributed by atoms with Crippen LogP contribution in [0.2, 0.25) is 0 Å². The summed E-state index contributed by atoms with van der Waals surface area (Å²) in [5, 5.41) is 12.2. The molecule has 380 valence electrons. The van der Waals surface area contributed by atoms with Crippen molar-refractivity contribution in [3.63, 3.8) is 0 Å². The lowest BCUT2D eigenvalue weighted by atomic mass is 9.78. The molecule has 3 amide bonds. The average molecular weight is 1010 g/mol. The lowest BCUT2D eigenvalue weighted by Gasteiger charge is -2.29. The molecule has 10 rings (SSSR count). The maximum absolute atomic E-state index is 15.0. The summed E-state index contributed by atoms with van der Waals surface area (Å²) in [6.45, 7) is 5.90. The van der Waals surface area contributed by atoms with E-state index in [9.17, 15) is 23.2 Å². The molecule has 7 atom stereocenters. The van der Waals surface area contributed by atoms with Crippen molar-refractivity contribution in [1.29, 1.82) is 0 Å². The predicted octanol–water partition coefficient (Wildman–Crippen LogP) is 10.2. The predicted molar refractivity (Wildman–Crippen MR) is 264 cm³/mol. The van der Waals surface area contributed by atoms with E-state index in [1.54, 1.807) is 19.4 Å². The first-order valence-electron chi connectivity index (χ1n) is 24.0. The Balaban J connectivity index is 0.000000850. The Morgan fingerprint density at radius 3 is 1.57 bits per heavy atom. The number of carbonyl (C=O) groups is 4. The molecule has 0 radical (unpaired) electrons. The van der Waals surface area contributed by atoms with E-state index in [0.717, 1.165) is 67.4 Å². The molecule has 0 spiro atoms. The van der Waals surface area contributed by atoms with Gasteiger partial charge < -0.3 is 40.2 Å². The Morgan fingerprint density at radius 2 is 1.17 bits per heavy atom. The minimum absolute atomic E-state index is 0.0771. The average Bonchev–Trinajstić information content (AvgIpc) is 4.21. The van der Waals surface area contributed by atoms with Gasteiger partial charge in [-0.3, -0.25) is 14.4 Å². The van der Waals surface area contributed by atoms with Crippen LogP contribution < -0.4 is 10.6 Å². The number of amides is 3. The van der Waals surface area contributed by atoms with Crippen LogP contribution in [-0.2, 0) is 19.1 Å². The molecule has 20 heteroatoms. The van der Waals surface area contributed by atoms with Crippen LogP contribution in [0.3, 0.4) is 0 Å². The molecule has 2 saturated heterocycles. The van der Waals surface area contributed by atoms with E-state index in [2.05, 4.69) is 96.7 Å². The number of H-pyrrole nitrogens is 2. The second-order valence-electron chi connectivity index (χ2n) is 19.6. The fourth-order valence-electron chi connectivity index (χ4n) is 12.1. The molecular weight excluding hydrogens is 949 g/mol. The second-order valence-corrected chi connectivity index (χ2v) is 19.6. The van der Waals surface area contributed by atoms with Crippen molar-refractivity contribution in [1.82, 2.24) is 40.4 Å². The Hall–Kier alpha value is -5.08. The lowest BCUT2D eigenvalue weighted by molar-refractivity contribution is -0.136. The number of alkyl halides is 4. The van der Waals surface area contributed by atoms with Crippen molar-refractivity contribution < 1.29 is 46.6 Å². The Kier molecular flexibility index (Phi) is 16.4. The van der Waals surface area contributed by atoms with Crippen LogP contribution in [0, 0.1) is 5.92 Å². The van der Waals surface area contributed by atoms with Crippen molar-refractivity contribution in [2.75, 3.05) is 33.8 Å². The Morgan fingerprint density at radius 1 is 0.786 bits per heavy atom. The summed E-state index contributed by atoms with van der Waals surface area (Å²) in [5.41, 5.74) is 11.2. The van der Waals surface area contributed by atoms with Gasteiger partial charge in [-0.1, -0.05) is 58.4 Å². The monoisotopic (exact) mass is 1010 g/mol. The number of methoxy groups -OCH3 is 1. The van der Waals surface area contributed by atoms with Crippen LogP contribution in [0.4, 0.5) is 22.4 Å². The molecule has 4 heterocycles. The van der Waals surface area contributed by atoms with Gasteiger partial charge in [0.25, 0.3) is 18.3 Å². The van der Waals surface area contributed by atoms with Gasteiger partial charge in [-0.25, -0.2) is 32.3 Å². The van der Waals surface area contributed by atoms with Crippen molar-refractivity contribution >= 4 is 47.7 Å². The van der Waals surface area contributed by atoms with E-state index in [-0.39, 0.29) is 24.1 Å². The standard InChI is InChI=1S/C46H52F4N8O4.C3H8.CH2O2.H2S2/c1-22(2)40(51-3)43(60)58-21-46(49,50)16-34(58)42-53-18-32(56-42)30-12-10-28(37-24-6-8-26(14-24)39(30)37)27-9-11-29(38-25-7-5-23(13-25)36(27)38)31-17-52-41(55-31)33-15-45(47,48)20-57(33)35(59)19-54-44(61)62-4;1-3-2;2-1-3;1-2/h9-12,17-18,22-26,33-34,40,51H,5-8,13-16,19-21H2,1-4H3,(H,52,55)(H,53,56)(H,54,61);3H2,1-2H3;1H,(H,2,3);1-2H/t23?,24?,25?,26?,33?,34-,40?;;;/m0.../s1. The first kappa shape index (κ1) is 52.7. The number of likely N-dealkylation sites (N-methyl/N-ethyl adjacent to an activating group) is 1. The van der Waals surface area contributed by atoms with Crippen molar-refractivity contribution in [3.8, 4) is 33.6 Å². The summed E-state index contributed by atoms with van der Waals surface area (Å²) in [6.07, 6.45) is 9.19. The number of benzene rings is 2. The van der Waals surface area contributed by atoms with Gasteiger partial charge in [0.15, 0.2) is 0 Å². The van der Waals surface area contributed by atoms with Gasteiger partial charge in [-0.2, -0.15) is 0 Å². The highest BCUT2D eigenvalue weighted by Crippen LogP contribution is 2.62. The first-order chi connectivity index (χ1) is 33.5. The number of carbonyl (C=O) groups excluding carboxylic acids is 3. The summed E-state index contributed by atoms with van der Waals surface area (Å²) in [6, 6.07) is 6.23. The number of alkyl carbamates (subject to hydrolysis) is 1. The minimum Gasteiger partial charge on any atom is -0.483 e. The zero-order valence-electron chi connectivity index (χ0n) is 40.3.